The molecule has 3 amide bonds. The number of rotatable bonds is 10. The predicted molar refractivity (Wildman–Crippen MR) is 159 cm³/mol. The summed E-state index contributed by atoms with van der Waals surface area (Å²) in [4.78, 5) is 42.6. The molecular weight excluding hydrogens is 518 g/mol. The second-order valence-electron chi connectivity index (χ2n) is 11.4. The predicted octanol–water partition coefficient (Wildman–Crippen LogP) is 5.43. The van der Waals surface area contributed by atoms with Crippen LogP contribution in [0.15, 0.2) is 78.9 Å². The number of amides is 3. The number of alkyl carbamates (subject to hydrolysis) is 1. The number of nitrogens with zero attached hydrogens (tertiary/aromatic N) is 1. The summed E-state index contributed by atoms with van der Waals surface area (Å²) < 4.78 is 5.47. The van der Waals surface area contributed by atoms with Gasteiger partial charge in [0.05, 0.1) is 0 Å². The number of phenolic OH excluding ortho intramolecular Hbond substituents is 1. The van der Waals surface area contributed by atoms with Crippen LogP contribution >= 0.6 is 0 Å². The first-order valence-electron chi connectivity index (χ1n) is 13.8. The van der Waals surface area contributed by atoms with Gasteiger partial charge in [0.25, 0.3) is 0 Å². The van der Waals surface area contributed by atoms with Crippen LogP contribution in [0.4, 0.5) is 4.79 Å². The standard InChI is InChI=1S/C33H41N3O5/c1-22(2)36(29(26-14-10-11-23(3)19-26)30(38)34-21-25-12-8-7-9-13-25)31(39)28(35-32(40)41-33(4,5)6)20-24-15-17-27(37)18-16-24/h7-19,22,28-29,37H,20-21H2,1-6H3,(H,34,38)(H,35,40). The van der Waals surface area contributed by atoms with E-state index in [1.54, 1.807) is 32.9 Å². The zero-order valence-electron chi connectivity index (χ0n) is 24.7. The fraction of sp³-hybridized carbons (Fsp3) is 0.364. The summed E-state index contributed by atoms with van der Waals surface area (Å²) in [6.07, 6.45) is -0.604. The highest BCUT2D eigenvalue weighted by molar-refractivity contribution is 5.92. The average Bonchev–Trinajstić information content (AvgIpc) is 2.90. The van der Waals surface area contributed by atoms with E-state index in [2.05, 4.69) is 10.6 Å². The van der Waals surface area contributed by atoms with Crippen LogP contribution in [-0.4, -0.2) is 45.6 Å². The van der Waals surface area contributed by atoms with Crippen LogP contribution in [0.2, 0.25) is 0 Å². The molecule has 8 nitrogen and oxygen atoms in total. The van der Waals surface area contributed by atoms with Crippen LogP contribution in [0.5, 0.6) is 5.75 Å². The fourth-order valence-electron chi connectivity index (χ4n) is 4.54. The summed E-state index contributed by atoms with van der Waals surface area (Å²) in [7, 11) is 0. The molecule has 3 N–H and O–H groups in total. The SMILES string of the molecule is Cc1cccc(C(C(=O)NCc2ccccc2)N(C(=O)C(Cc2ccc(O)cc2)NC(=O)OC(C)(C)C)C(C)C)c1. The maximum absolute atomic E-state index is 14.4. The van der Waals surface area contributed by atoms with Gasteiger partial charge in [-0.3, -0.25) is 9.59 Å². The van der Waals surface area contributed by atoms with E-state index in [9.17, 15) is 19.5 Å². The van der Waals surface area contributed by atoms with Gasteiger partial charge in [-0.1, -0.05) is 72.3 Å². The van der Waals surface area contributed by atoms with Crippen LogP contribution in [-0.2, 0) is 27.3 Å². The quantitative estimate of drug-likeness (QED) is 0.307. The smallest absolute Gasteiger partial charge is 0.408 e. The van der Waals surface area contributed by atoms with Gasteiger partial charge >= 0.3 is 6.09 Å². The normalized spacial score (nSPS) is 12.8. The van der Waals surface area contributed by atoms with Crippen LogP contribution in [0.1, 0.15) is 62.9 Å². The Morgan fingerprint density at radius 2 is 1.56 bits per heavy atom. The number of benzene rings is 3. The number of ether oxygens (including phenoxy) is 1. The Morgan fingerprint density at radius 1 is 0.902 bits per heavy atom. The highest BCUT2D eigenvalue weighted by Gasteiger charge is 2.38. The van der Waals surface area contributed by atoms with E-state index < -0.39 is 35.7 Å². The lowest BCUT2D eigenvalue weighted by molar-refractivity contribution is -0.144. The number of aryl methyl sites for hydroxylation is 1. The van der Waals surface area contributed by atoms with Gasteiger partial charge in [-0.15, -0.1) is 0 Å². The number of hydrogen-bond acceptors (Lipinski definition) is 5. The molecule has 0 spiro atoms. The summed E-state index contributed by atoms with van der Waals surface area (Å²) in [5.41, 5.74) is 2.50. The lowest BCUT2D eigenvalue weighted by Gasteiger charge is -2.37. The number of carbonyl (C=O) groups excluding carboxylic acids is 3. The Balaban J connectivity index is 2.00. The van der Waals surface area contributed by atoms with E-state index in [-0.39, 0.29) is 18.1 Å². The van der Waals surface area contributed by atoms with Gasteiger partial charge in [-0.2, -0.15) is 0 Å². The second kappa shape index (κ2) is 13.8. The first-order chi connectivity index (χ1) is 19.3. The van der Waals surface area contributed by atoms with Crippen LogP contribution in [0.25, 0.3) is 0 Å². The molecule has 0 saturated carbocycles. The average molecular weight is 560 g/mol. The van der Waals surface area contributed by atoms with E-state index in [0.29, 0.717) is 12.1 Å². The Labute approximate surface area is 242 Å². The van der Waals surface area contributed by atoms with E-state index >= 15 is 0 Å². The maximum Gasteiger partial charge on any atom is 0.408 e. The van der Waals surface area contributed by atoms with Crippen molar-refractivity contribution in [1.82, 2.24) is 15.5 Å². The van der Waals surface area contributed by atoms with Crippen LogP contribution in [0.3, 0.4) is 0 Å². The van der Waals surface area contributed by atoms with E-state index in [1.165, 1.54) is 17.0 Å². The number of phenols is 1. The topological polar surface area (TPSA) is 108 Å². The molecule has 3 rings (SSSR count). The Morgan fingerprint density at radius 3 is 2.15 bits per heavy atom. The molecule has 0 bridgehead atoms. The fourth-order valence-corrected chi connectivity index (χ4v) is 4.54. The van der Waals surface area contributed by atoms with Crippen molar-refractivity contribution in [3.63, 3.8) is 0 Å². The molecule has 0 fully saturated rings. The highest BCUT2D eigenvalue weighted by atomic mass is 16.6. The third kappa shape index (κ3) is 9.38. The summed E-state index contributed by atoms with van der Waals surface area (Å²) in [6.45, 7) is 11.2. The Bertz CT molecular complexity index is 1320. The molecule has 2 atom stereocenters. The van der Waals surface area contributed by atoms with Crippen molar-refractivity contribution < 1.29 is 24.2 Å². The minimum absolute atomic E-state index is 0.0927. The first kappa shape index (κ1) is 31.2. The lowest BCUT2D eigenvalue weighted by atomic mass is 9.97. The molecule has 0 aliphatic carbocycles. The molecule has 0 aliphatic heterocycles. The maximum atomic E-state index is 14.4. The molecule has 3 aromatic carbocycles. The monoisotopic (exact) mass is 559 g/mol. The number of aromatic hydroxyl groups is 1. The summed E-state index contributed by atoms with van der Waals surface area (Å²) in [5, 5.41) is 15.5. The lowest BCUT2D eigenvalue weighted by Crippen LogP contribution is -2.55. The van der Waals surface area contributed by atoms with E-state index in [1.807, 2.05) is 75.4 Å². The van der Waals surface area contributed by atoms with Gasteiger partial charge in [0, 0.05) is 19.0 Å². The van der Waals surface area contributed by atoms with Crippen molar-refractivity contribution in [2.45, 2.75) is 78.2 Å². The number of hydrogen-bond donors (Lipinski definition) is 3. The summed E-state index contributed by atoms with van der Waals surface area (Å²) in [5.74, 6) is -0.669. The Hall–Kier alpha value is -4.33. The van der Waals surface area contributed by atoms with Gasteiger partial charge in [0.15, 0.2) is 0 Å². The molecule has 8 heteroatoms. The molecule has 3 aromatic rings. The Kier molecular flexibility index (Phi) is 10.5. The second-order valence-corrected chi connectivity index (χ2v) is 11.4. The minimum atomic E-state index is -1.04. The van der Waals surface area contributed by atoms with Crippen molar-refractivity contribution in [3.05, 3.63) is 101 Å². The number of nitrogens with one attached hydrogen (secondary N) is 2. The van der Waals surface area contributed by atoms with Gasteiger partial charge in [-0.25, -0.2) is 4.79 Å². The summed E-state index contributed by atoms with van der Waals surface area (Å²) in [6, 6.07) is 21.1. The molecule has 218 valence electrons. The molecule has 2 unspecified atom stereocenters. The largest absolute Gasteiger partial charge is 0.508 e. The molecule has 0 aliphatic rings. The van der Waals surface area contributed by atoms with Gasteiger partial charge in [0.2, 0.25) is 11.8 Å². The molecule has 0 radical (unpaired) electrons. The molecule has 0 heterocycles. The van der Waals surface area contributed by atoms with E-state index in [4.69, 9.17) is 4.74 Å². The number of carbonyl (C=O) groups is 3. The summed E-state index contributed by atoms with van der Waals surface area (Å²) >= 11 is 0. The van der Waals surface area contributed by atoms with Crippen LogP contribution in [0, 0.1) is 6.92 Å². The molecular formula is C33H41N3O5. The van der Waals surface area contributed by atoms with Gasteiger partial charge in [-0.05, 0) is 70.4 Å². The van der Waals surface area contributed by atoms with Gasteiger partial charge in [0.1, 0.15) is 23.4 Å². The molecule has 0 saturated heterocycles. The molecule has 41 heavy (non-hydrogen) atoms. The zero-order valence-corrected chi connectivity index (χ0v) is 24.7. The highest BCUT2D eigenvalue weighted by Crippen LogP contribution is 2.27. The van der Waals surface area contributed by atoms with E-state index in [0.717, 1.165) is 16.7 Å². The third-order valence-electron chi connectivity index (χ3n) is 6.37. The first-order valence-corrected chi connectivity index (χ1v) is 13.8. The van der Waals surface area contributed by atoms with Crippen molar-refractivity contribution in [2.75, 3.05) is 0 Å². The van der Waals surface area contributed by atoms with Crippen molar-refractivity contribution in [3.8, 4) is 5.75 Å². The van der Waals surface area contributed by atoms with Gasteiger partial charge < -0.3 is 25.4 Å². The van der Waals surface area contributed by atoms with Crippen molar-refractivity contribution in [2.24, 2.45) is 0 Å². The third-order valence-corrected chi connectivity index (χ3v) is 6.37. The molecule has 0 aromatic heterocycles. The van der Waals surface area contributed by atoms with Crippen molar-refractivity contribution in [1.29, 1.82) is 0 Å². The van der Waals surface area contributed by atoms with Crippen LogP contribution < -0.4 is 10.6 Å². The zero-order chi connectivity index (χ0) is 30.2. The van der Waals surface area contributed by atoms with Crippen molar-refractivity contribution >= 4 is 17.9 Å². The minimum Gasteiger partial charge on any atom is -0.508 e.